The minimum absolute atomic E-state index is 0.126. The molecular formula is C27H29FN4O4S. The van der Waals surface area contributed by atoms with Crippen LogP contribution in [0.3, 0.4) is 0 Å². The zero-order valence-electron chi connectivity index (χ0n) is 21.0. The fraction of sp³-hybridized carbons (Fsp3) is 0.407. The molecule has 8 nitrogen and oxygen atoms in total. The second kappa shape index (κ2) is 9.41. The van der Waals surface area contributed by atoms with E-state index in [1.807, 2.05) is 13.8 Å². The highest BCUT2D eigenvalue weighted by molar-refractivity contribution is 7.15. The largest absolute Gasteiger partial charge is 0.503 e. The van der Waals surface area contributed by atoms with E-state index in [0.29, 0.717) is 24.5 Å². The Kier molecular flexibility index (Phi) is 6.39. The van der Waals surface area contributed by atoms with Crippen molar-refractivity contribution in [2.24, 2.45) is 0 Å². The Morgan fingerprint density at radius 3 is 2.51 bits per heavy atom. The van der Waals surface area contributed by atoms with Crippen molar-refractivity contribution in [1.82, 2.24) is 19.4 Å². The van der Waals surface area contributed by atoms with Gasteiger partial charge in [0.1, 0.15) is 16.4 Å². The van der Waals surface area contributed by atoms with Gasteiger partial charge in [0, 0.05) is 42.8 Å². The van der Waals surface area contributed by atoms with Crippen molar-refractivity contribution in [1.29, 1.82) is 0 Å². The lowest BCUT2D eigenvalue weighted by atomic mass is 9.92. The number of likely N-dealkylation sites (tertiary alicyclic amines) is 1. The molecular weight excluding hydrogens is 495 g/mol. The summed E-state index contributed by atoms with van der Waals surface area (Å²) in [5, 5.41) is 11.4. The number of amides is 2. The molecule has 0 spiro atoms. The number of aromatic nitrogens is 2. The van der Waals surface area contributed by atoms with Crippen molar-refractivity contribution in [3.05, 3.63) is 68.8 Å². The summed E-state index contributed by atoms with van der Waals surface area (Å²) in [4.78, 5) is 49.1. The highest BCUT2D eigenvalue weighted by Gasteiger charge is 2.49. The maximum absolute atomic E-state index is 13.8. The van der Waals surface area contributed by atoms with E-state index in [1.54, 1.807) is 30.2 Å². The first-order chi connectivity index (χ1) is 17.6. The van der Waals surface area contributed by atoms with Gasteiger partial charge in [-0.3, -0.25) is 14.4 Å². The predicted octanol–water partition coefficient (Wildman–Crippen LogP) is 3.61. The summed E-state index contributed by atoms with van der Waals surface area (Å²) in [5.41, 5.74) is -1.06. The summed E-state index contributed by atoms with van der Waals surface area (Å²) in [6.07, 6.45) is 5.48. The first-order valence-corrected chi connectivity index (χ1v) is 13.2. The second-order valence-corrected chi connectivity index (χ2v) is 11.3. The van der Waals surface area contributed by atoms with Gasteiger partial charge in [-0.05, 0) is 51.3 Å². The summed E-state index contributed by atoms with van der Waals surface area (Å²) < 4.78 is 14.7. The minimum atomic E-state index is -1.20. The van der Waals surface area contributed by atoms with Crippen LogP contribution in [0.5, 0.6) is 5.75 Å². The van der Waals surface area contributed by atoms with Crippen LogP contribution in [0.4, 0.5) is 4.39 Å². The van der Waals surface area contributed by atoms with Crippen LogP contribution in [0.2, 0.25) is 0 Å². The number of benzene rings is 1. The molecule has 3 aromatic rings. The number of nitrogens with zero attached hydrogens (tertiary/aromatic N) is 4. The number of thiazole rings is 1. The number of aromatic hydroxyl groups is 1. The van der Waals surface area contributed by atoms with Crippen LogP contribution in [0.1, 0.15) is 54.5 Å². The molecule has 2 amide bonds. The maximum Gasteiger partial charge on any atom is 0.274 e. The van der Waals surface area contributed by atoms with Gasteiger partial charge < -0.3 is 19.5 Å². The van der Waals surface area contributed by atoms with E-state index >= 15 is 0 Å². The van der Waals surface area contributed by atoms with E-state index in [-0.39, 0.29) is 35.6 Å². The molecule has 0 bridgehead atoms. The number of pyridine rings is 1. The number of hydrogen-bond donors (Lipinski definition) is 1. The van der Waals surface area contributed by atoms with Crippen LogP contribution in [0, 0.1) is 5.82 Å². The van der Waals surface area contributed by atoms with E-state index in [0.717, 1.165) is 23.3 Å². The maximum atomic E-state index is 13.8. The normalized spacial score (nSPS) is 19.5. The van der Waals surface area contributed by atoms with Crippen LogP contribution < -0.4 is 5.43 Å². The molecule has 2 aliphatic heterocycles. The number of hydrogen-bond acceptors (Lipinski definition) is 6. The molecule has 2 aliphatic rings. The van der Waals surface area contributed by atoms with Crippen LogP contribution in [-0.2, 0) is 16.8 Å². The van der Waals surface area contributed by atoms with Gasteiger partial charge in [-0.2, -0.15) is 0 Å². The molecule has 194 valence electrons. The van der Waals surface area contributed by atoms with Crippen LogP contribution in [0.15, 0.2) is 41.5 Å². The highest BCUT2D eigenvalue weighted by atomic mass is 32.1. The van der Waals surface area contributed by atoms with Crippen molar-refractivity contribution in [2.45, 2.75) is 51.6 Å². The predicted molar refractivity (Wildman–Crippen MR) is 138 cm³/mol. The van der Waals surface area contributed by atoms with Gasteiger partial charge in [0.05, 0.1) is 12.1 Å². The Morgan fingerprint density at radius 1 is 1.19 bits per heavy atom. The number of rotatable bonds is 5. The van der Waals surface area contributed by atoms with E-state index < -0.39 is 22.6 Å². The quantitative estimate of drug-likeness (QED) is 0.550. The smallest absolute Gasteiger partial charge is 0.274 e. The van der Waals surface area contributed by atoms with Crippen molar-refractivity contribution in [3.63, 3.8) is 0 Å². The third-order valence-corrected chi connectivity index (χ3v) is 8.24. The van der Waals surface area contributed by atoms with Gasteiger partial charge in [0.25, 0.3) is 5.91 Å². The van der Waals surface area contributed by atoms with Crippen LogP contribution in [-0.4, -0.2) is 61.9 Å². The van der Waals surface area contributed by atoms with Crippen molar-refractivity contribution >= 4 is 23.2 Å². The number of carbonyl (C=O) groups is 2. The Hall–Kier alpha value is -3.53. The molecule has 1 atom stereocenters. The summed E-state index contributed by atoms with van der Waals surface area (Å²) in [5.74, 6) is -1.62. The number of fused-ring (bicyclic) bond motifs is 1. The Bertz CT molecular complexity index is 1430. The van der Waals surface area contributed by atoms with Crippen LogP contribution in [0.25, 0.3) is 10.6 Å². The Balaban J connectivity index is 1.60. The molecule has 37 heavy (non-hydrogen) atoms. The molecule has 1 aromatic carbocycles. The fourth-order valence-corrected chi connectivity index (χ4v) is 6.08. The van der Waals surface area contributed by atoms with Gasteiger partial charge in [0.2, 0.25) is 11.3 Å². The van der Waals surface area contributed by atoms with E-state index in [4.69, 9.17) is 0 Å². The summed E-state index contributed by atoms with van der Waals surface area (Å²) >= 11 is 1.28. The van der Waals surface area contributed by atoms with Gasteiger partial charge >= 0.3 is 0 Å². The van der Waals surface area contributed by atoms with E-state index in [2.05, 4.69) is 4.98 Å². The zero-order valence-corrected chi connectivity index (χ0v) is 21.8. The highest BCUT2D eigenvalue weighted by Crippen LogP contribution is 2.36. The minimum Gasteiger partial charge on any atom is -0.503 e. The molecule has 0 radical (unpaired) electrons. The standard InChI is InChI=1S/C27H29FN4O4S/c1-16(2)31-15-27(3,26(36)30-10-4-5-11-30)32-14-20(22(33)23(34)21(32)25(31)35)24-29-13-19(37-24)12-17-6-8-18(28)9-7-17/h6-9,13-14,16,34H,4-5,10-12,15H2,1-3H3/t27-/m0/s1. The number of carbonyl (C=O) groups excluding carboxylic acids is 2. The zero-order chi connectivity index (χ0) is 26.5. The molecule has 0 aliphatic carbocycles. The molecule has 0 unspecified atom stereocenters. The SMILES string of the molecule is CC(C)N1C[C@@](C)(C(=O)N2CCCC2)n2cc(-c3ncc(Cc4ccc(F)cc4)s3)c(=O)c(O)c2C1=O. The molecule has 2 aromatic heterocycles. The molecule has 10 heteroatoms. The third-order valence-electron chi connectivity index (χ3n) is 7.21. The van der Waals surface area contributed by atoms with Gasteiger partial charge in [-0.15, -0.1) is 11.3 Å². The lowest BCUT2D eigenvalue weighted by Crippen LogP contribution is -2.61. The Labute approximate surface area is 218 Å². The monoisotopic (exact) mass is 524 g/mol. The molecule has 1 saturated heterocycles. The average molecular weight is 525 g/mol. The topological polar surface area (TPSA) is 95.7 Å². The van der Waals surface area contributed by atoms with Crippen molar-refractivity contribution in [3.8, 4) is 16.3 Å². The van der Waals surface area contributed by atoms with E-state index in [1.165, 1.54) is 39.1 Å². The lowest BCUT2D eigenvalue weighted by Gasteiger charge is -2.45. The first-order valence-electron chi connectivity index (χ1n) is 12.4. The molecule has 5 rings (SSSR count). The first kappa shape index (κ1) is 25.1. The fourth-order valence-electron chi connectivity index (χ4n) is 5.13. The second-order valence-electron chi connectivity index (χ2n) is 10.2. The third kappa shape index (κ3) is 4.33. The van der Waals surface area contributed by atoms with E-state index in [9.17, 15) is 23.9 Å². The lowest BCUT2D eigenvalue weighted by molar-refractivity contribution is -0.140. The summed E-state index contributed by atoms with van der Waals surface area (Å²) in [6, 6.07) is 5.93. The Morgan fingerprint density at radius 2 is 1.86 bits per heavy atom. The van der Waals surface area contributed by atoms with Crippen LogP contribution >= 0.6 is 11.3 Å². The van der Waals surface area contributed by atoms with Crippen molar-refractivity contribution in [2.75, 3.05) is 19.6 Å². The summed E-state index contributed by atoms with van der Waals surface area (Å²) in [6.45, 7) is 6.84. The van der Waals surface area contributed by atoms with Gasteiger partial charge in [0.15, 0.2) is 11.4 Å². The molecule has 0 saturated carbocycles. The molecule has 4 heterocycles. The molecule has 1 N–H and O–H groups in total. The molecule has 1 fully saturated rings. The van der Waals surface area contributed by atoms with Gasteiger partial charge in [-0.25, -0.2) is 9.37 Å². The summed E-state index contributed by atoms with van der Waals surface area (Å²) in [7, 11) is 0. The average Bonchev–Trinajstić information content (AvgIpc) is 3.56. The number of halogens is 1. The van der Waals surface area contributed by atoms with Gasteiger partial charge in [-0.1, -0.05) is 12.1 Å². The van der Waals surface area contributed by atoms with Crippen molar-refractivity contribution < 1.29 is 19.1 Å².